The molecule has 2 aromatic rings. The van der Waals surface area contributed by atoms with E-state index in [4.69, 9.17) is 4.42 Å². The Bertz CT molecular complexity index is 794. The molecule has 1 aliphatic carbocycles. The molecule has 0 spiro atoms. The normalized spacial score (nSPS) is 17.7. The van der Waals surface area contributed by atoms with Crippen molar-refractivity contribution in [3.63, 3.8) is 0 Å². The van der Waals surface area contributed by atoms with Gasteiger partial charge in [-0.25, -0.2) is 4.98 Å². The maximum atomic E-state index is 12.4. The first kappa shape index (κ1) is 15.2. The summed E-state index contributed by atoms with van der Waals surface area (Å²) in [4.78, 5) is 16.9. The summed E-state index contributed by atoms with van der Waals surface area (Å²) in [7, 11) is 0. The highest BCUT2D eigenvalue weighted by Gasteiger charge is 2.25. The van der Waals surface area contributed by atoms with Gasteiger partial charge < -0.3 is 9.73 Å². The molecule has 1 aromatic carbocycles. The van der Waals surface area contributed by atoms with Crippen LogP contribution in [-0.2, 0) is 24.1 Å². The molecule has 0 atom stereocenters. The molecule has 0 saturated carbocycles. The second-order valence-corrected chi connectivity index (χ2v) is 6.62. The molecule has 2 heterocycles. The summed E-state index contributed by atoms with van der Waals surface area (Å²) in [6.07, 6.45) is 9.41. The van der Waals surface area contributed by atoms with E-state index >= 15 is 0 Å². The largest absolute Gasteiger partial charge is 0.441 e. The summed E-state index contributed by atoms with van der Waals surface area (Å²) in [6.45, 7) is 2.19. The molecule has 1 N–H and O–H groups in total. The number of hydrogen-bond donors (Lipinski definition) is 1. The van der Waals surface area contributed by atoms with Gasteiger partial charge in [-0.1, -0.05) is 19.4 Å². The number of aromatic nitrogens is 1. The van der Waals surface area contributed by atoms with Crippen LogP contribution in [0.2, 0.25) is 0 Å². The van der Waals surface area contributed by atoms with Crippen molar-refractivity contribution in [1.82, 2.24) is 4.98 Å². The predicted molar refractivity (Wildman–Crippen MR) is 94.7 cm³/mol. The molecular formula is C20H22N2O2. The van der Waals surface area contributed by atoms with Gasteiger partial charge in [0.2, 0.25) is 5.89 Å². The molecule has 0 fully saturated rings. The van der Waals surface area contributed by atoms with Crippen LogP contribution in [-0.4, -0.2) is 10.9 Å². The molecule has 1 aliphatic heterocycles. The zero-order valence-corrected chi connectivity index (χ0v) is 14.0. The number of unbranched alkanes of at least 4 members (excludes halogenated alkanes) is 1. The van der Waals surface area contributed by atoms with Gasteiger partial charge in [0.05, 0.1) is 11.3 Å². The lowest BCUT2D eigenvalue weighted by atomic mass is 10.0. The maximum Gasteiger partial charge on any atom is 0.256 e. The van der Waals surface area contributed by atoms with Crippen molar-refractivity contribution in [1.29, 1.82) is 0 Å². The highest BCUT2D eigenvalue weighted by Crippen LogP contribution is 2.34. The molecule has 4 rings (SSSR count). The van der Waals surface area contributed by atoms with Crippen molar-refractivity contribution >= 4 is 23.2 Å². The second-order valence-electron chi connectivity index (χ2n) is 6.62. The van der Waals surface area contributed by atoms with E-state index in [9.17, 15) is 4.79 Å². The number of anilines is 1. The summed E-state index contributed by atoms with van der Waals surface area (Å²) in [5.41, 5.74) is 4.82. The number of benzene rings is 1. The number of hydrogen-bond acceptors (Lipinski definition) is 3. The first-order chi connectivity index (χ1) is 11.7. The number of aryl methyl sites for hydroxylation is 3. The third-order valence-electron chi connectivity index (χ3n) is 4.82. The molecule has 1 amide bonds. The fourth-order valence-corrected chi connectivity index (χ4v) is 3.47. The Balaban J connectivity index is 1.68. The van der Waals surface area contributed by atoms with Gasteiger partial charge in [0, 0.05) is 23.7 Å². The SMILES string of the molecule is CCCCc1ccc2c(c1)C(=Cc1nc3c(o1)CCCC3)C(=O)N2. The van der Waals surface area contributed by atoms with Crippen LogP contribution in [0.25, 0.3) is 11.6 Å². The topological polar surface area (TPSA) is 55.1 Å². The fourth-order valence-electron chi connectivity index (χ4n) is 3.47. The van der Waals surface area contributed by atoms with Crippen LogP contribution in [0, 0.1) is 0 Å². The lowest BCUT2D eigenvalue weighted by molar-refractivity contribution is -0.110. The van der Waals surface area contributed by atoms with Gasteiger partial charge in [-0.3, -0.25) is 4.79 Å². The molecular weight excluding hydrogens is 300 g/mol. The van der Waals surface area contributed by atoms with E-state index in [-0.39, 0.29) is 5.91 Å². The van der Waals surface area contributed by atoms with Crippen molar-refractivity contribution in [3.8, 4) is 0 Å². The Hall–Kier alpha value is -2.36. The van der Waals surface area contributed by atoms with E-state index in [1.54, 1.807) is 6.08 Å². The van der Waals surface area contributed by atoms with Crippen LogP contribution >= 0.6 is 0 Å². The van der Waals surface area contributed by atoms with Crippen molar-refractivity contribution in [2.75, 3.05) is 5.32 Å². The van der Waals surface area contributed by atoms with Crippen LogP contribution in [0.5, 0.6) is 0 Å². The lowest BCUT2D eigenvalue weighted by Gasteiger charge is -2.05. The monoisotopic (exact) mass is 322 g/mol. The van der Waals surface area contributed by atoms with E-state index < -0.39 is 0 Å². The highest BCUT2D eigenvalue weighted by atomic mass is 16.4. The molecule has 0 bridgehead atoms. The van der Waals surface area contributed by atoms with Crippen LogP contribution in [0.3, 0.4) is 0 Å². The molecule has 4 nitrogen and oxygen atoms in total. The molecule has 1 aromatic heterocycles. The summed E-state index contributed by atoms with van der Waals surface area (Å²) in [5.74, 6) is 1.47. The number of nitrogens with zero attached hydrogens (tertiary/aromatic N) is 1. The number of nitrogens with one attached hydrogen (secondary N) is 1. The highest BCUT2D eigenvalue weighted by molar-refractivity contribution is 6.34. The summed E-state index contributed by atoms with van der Waals surface area (Å²) in [5, 5.41) is 2.94. The number of carbonyl (C=O) groups is 1. The first-order valence-electron chi connectivity index (χ1n) is 8.89. The Morgan fingerprint density at radius 3 is 3.00 bits per heavy atom. The zero-order valence-electron chi connectivity index (χ0n) is 14.0. The van der Waals surface area contributed by atoms with E-state index in [1.807, 2.05) is 6.07 Å². The van der Waals surface area contributed by atoms with Crippen molar-refractivity contribution < 1.29 is 9.21 Å². The fraction of sp³-hybridized carbons (Fsp3) is 0.400. The molecule has 24 heavy (non-hydrogen) atoms. The molecule has 4 heteroatoms. The average Bonchev–Trinajstić information content (AvgIpc) is 3.14. The Morgan fingerprint density at radius 2 is 2.17 bits per heavy atom. The van der Waals surface area contributed by atoms with Crippen molar-refractivity contribution in [2.24, 2.45) is 0 Å². The van der Waals surface area contributed by atoms with E-state index in [0.29, 0.717) is 11.5 Å². The van der Waals surface area contributed by atoms with Gasteiger partial charge in [-0.15, -0.1) is 0 Å². The average molecular weight is 322 g/mol. The van der Waals surface area contributed by atoms with Crippen LogP contribution < -0.4 is 5.32 Å². The second kappa shape index (κ2) is 6.27. The van der Waals surface area contributed by atoms with E-state index in [2.05, 4.69) is 29.4 Å². The quantitative estimate of drug-likeness (QED) is 0.849. The number of amides is 1. The van der Waals surface area contributed by atoms with Gasteiger partial charge in [0.1, 0.15) is 5.76 Å². The van der Waals surface area contributed by atoms with Crippen LogP contribution in [0.15, 0.2) is 22.6 Å². The minimum atomic E-state index is -0.0752. The maximum absolute atomic E-state index is 12.4. The molecule has 0 saturated heterocycles. The first-order valence-corrected chi connectivity index (χ1v) is 8.89. The Labute approximate surface area is 142 Å². The van der Waals surface area contributed by atoms with E-state index in [0.717, 1.165) is 54.8 Å². The van der Waals surface area contributed by atoms with Crippen molar-refractivity contribution in [3.05, 3.63) is 46.7 Å². The minimum absolute atomic E-state index is 0.0752. The molecule has 0 unspecified atom stereocenters. The predicted octanol–water partition coefficient (Wildman–Crippen LogP) is 4.39. The van der Waals surface area contributed by atoms with Gasteiger partial charge in [-0.05, 0) is 49.8 Å². The summed E-state index contributed by atoms with van der Waals surface area (Å²) < 4.78 is 5.86. The lowest BCUT2D eigenvalue weighted by Crippen LogP contribution is -2.03. The van der Waals surface area contributed by atoms with E-state index in [1.165, 1.54) is 18.4 Å². The van der Waals surface area contributed by atoms with Crippen molar-refractivity contribution in [2.45, 2.75) is 51.9 Å². The zero-order chi connectivity index (χ0) is 16.5. The summed E-state index contributed by atoms with van der Waals surface area (Å²) >= 11 is 0. The van der Waals surface area contributed by atoms with Crippen LogP contribution in [0.1, 0.15) is 61.1 Å². The standard InChI is InChI=1S/C20H22N2O2/c1-2-3-6-13-9-10-16-14(11-13)15(20(23)22-16)12-19-21-17-7-4-5-8-18(17)24-19/h9-12H,2-8H2,1H3,(H,22,23). The minimum Gasteiger partial charge on any atom is -0.441 e. The number of oxazole rings is 1. The number of fused-ring (bicyclic) bond motifs is 2. The van der Waals surface area contributed by atoms with Gasteiger partial charge in [0.15, 0.2) is 0 Å². The smallest absolute Gasteiger partial charge is 0.256 e. The Kier molecular flexibility index (Phi) is 3.97. The molecule has 124 valence electrons. The number of carbonyl (C=O) groups excluding carboxylic acids is 1. The Morgan fingerprint density at radius 1 is 1.29 bits per heavy atom. The third-order valence-corrected chi connectivity index (χ3v) is 4.82. The number of rotatable bonds is 4. The molecule has 2 aliphatic rings. The molecule has 0 radical (unpaired) electrons. The van der Waals surface area contributed by atoms with Gasteiger partial charge in [0.25, 0.3) is 5.91 Å². The van der Waals surface area contributed by atoms with Crippen LogP contribution in [0.4, 0.5) is 5.69 Å². The van der Waals surface area contributed by atoms with Gasteiger partial charge >= 0.3 is 0 Å². The summed E-state index contributed by atoms with van der Waals surface area (Å²) in [6, 6.07) is 6.22. The van der Waals surface area contributed by atoms with Gasteiger partial charge in [-0.2, -0.15) is 0 Å². The third kappa shape index (κ3) is 2.77.